The Balaban J connectivity index is 1.49. The van der Waals surface area contributed by atoms with Gasteiger partial charge in [-0.2, -0.15) is 0 Å². The first-order valence-electron chi connectivity index (χ1n) is 10.9. The van der Waals surface area contributed by atoms with Gasteiger partial charge in [-0.05, 0) is 48.1 Å². The molecule has 0 spiro atoms. The van der Waals surface area contributed by atoms with E-state index < -0.39 is 5.79 Å². The second-order valence-electron chi connectivity index (χ2n) is 8.17. The average Bonchev–Trinajstić information content (AvgIpc) is 2.81. The molecular formula is C27H29FO3. The van der Waals surface area contributed by atoms with Crippen molar-refractivity contribution in [1.29, 1.82) is 0 Å². The molecular weight excluding hydrogens is 391 g/mol. The molecule has 31 heavy (non-hydrogen) atoms. The minimum Gasteiger partial charge on any atom is -0.371 e. The Morgan fingerprint density at radius 3 is 2.29 bits per heavy atom. The molecule has 0 saturated carbocycles. The summed E-state index contributed by atoms with van der Waals surface area (Å²) in [6.45, 7) is 3.07. The highest BCUT2D eigenvalue weighted by molar-refractivity contribution is 5.26. The summed E-state index contributed by atoms with van der Waals surface area (Å²) in [4.78, 5) is 0. The topological polar surface area (TPSA) is 27.7 Å². The van der Waals surface area contributed by atoms with Crippen LogP contribution in [0.4, 0.5) is 4.39 Å². The number of hydrogen-bond donors (Lipinski definition) is 0. The lowest BCUT2D eigenvalue weighted by Gasteiger charge is -2.41. The second kappa shape index (κ2) is 10.2. The maximum Gasteiger partial charge on any atom is 0.192 e. The highest BCUT2D eigenvalue weighted by Crippen LogP contribution is 2.39. The zero-order chi connectivity index (χ0) is 21.5. The lowest BCUT2D eigenvalue weighted by atomic mass is 9.95. The lowest BCUT2D eigenvalue weighted by Crippen LogP contribution is -2.44. The van der Waals surface area contributed by atoms with Crippen molar-refractivity contribution in [2.45, 2.75) is 51.3 Å². The van der Waals surface area contributed by atoms with Crippen LogP contribution in [0.5, 0.6) is 0 Å². The molecule has 3 aromatic carbocycles. The number of aryl methyl sites for hydroxylation is 1. The molecule has 2 unspecified atom stereocenters. The van der Waals surface area contributed by atoms with Crippen LogP contribution in [0.1, 0.15) is 47.6 Å². The molecule has 3 nitrogen and oxygen atoms in total. The molecule has 0 amide bonds. The van der Waals surface area contributed by atoms with Gasteiger partial charge in [0.2, 0.25) is 0 Å². The summed E-state index contributed by atoms with van der Waals surface area (Å²) in [5.74, 6) is -1.03. The van der Waals surface area contributed by atoms with Gasteiger partial charge < -0.3 is 14.2 Å². The predicted molar refractivity (Wildman–Crippen MR) is 119 cm³/mol. The molecule has 3 aromatic rings. The third-order valence-corrected chi connectivity index (χ3v) is 5.71. The molecule has 1 fully saturated rings. The first kappa shape index (κ1) is 21.7. The Morgan fingerprint density at radius 1 is 0.935 bits per heavy atom. The van der Waals surface area contributed by atoms with Crippen molar-refractivity contribution in [3.63, 3.8) is 0 Å². The molecule has 2 atom stereocenters. The van der Waals surface area contributed by atoms with Gasteiger partial charge in [0.1, 0.15) is 12.4 Å². The zero-order valence-corrected chi connectivity index (χ0v) is 17.9. The summed E-state index contributed by atoms with van der Waals surface area (Å²) in [5.41, 5.74) is 3.81. The van der Waals surface area contributed by atoms with Crippen LogP contribution in [0.15, 0.2) is 78.9 Å². The fraction of sp³-hybridized carbons (Fsp3) is 0.333. The van der Waals surface area contributed by atoms with E-state index in [0.717, 1.165) is 36.0 Å². The van der Waals surface area contributed by atoms with Crippen LogP contribution in [0, 0.1) is 12.7 Å². The molecule has 0 aromatic heterocycles. The van der Waals surface area contributed by atoms with Crippen molar-refractivity contribution in [2.75, 3.05) is 6.61 Å². The number of ether oxygens (including phenoxy) is 3. The highest BCUT2D eigenvalue weighted by Gasteiger charge is 2.39. The van der Waals surface area contributed by atoms with E-state index in [2.05, 4.69) is 0 Å². The summed E-state index contributed by atoms with van der Waals surface area (Å²) < 4.78 is 32.8. The Kier molecular flexibility index (Phi) is 7.13. The van der Waals surface area contributed by atoms with E-state index in [1.54, 1.807) is 6.92 Å². The zero-order valence-electron chi connectivity index (χ0n) is 17.9. The van der Waals surface area contributed by atoms with Crippen molar-refractivity contribution < 1.29 is 18.6 Å². The summed E-state index contributed by atoms with van der Waals surface area (Å²) in [5, 5.41) is 0. The molecule has 1 saturated heterocycles. The van der Waals surface area contributed by atoms with Gasteiger partial charge in [0.05, 0.1) is 19.3 Å². The van der Waals surface area contributed by atoms with Crippen LogP contribution >= 0.6 is 0 Å². The largest absolute Gasteiger partial charge is 0.371 e. The van der Waals surface area contributed by atoms with E-state index in [-0.39, 0.29) is 11.9 Å². The molecule has 162 valence electrons. The molecule has 1 heterocycles. The third-order valence-electron chi connectivity index (χ3n) is 5.71. The summed E-state index contributed by atoms with van der Waals surface area (Å²) in [6.07, 6.45) is 2.43. The maximum absolute atomic E-state index is 13.8. The Hall–Kier alpha value is -2.53. The molecule has 0 radical (unpaired) electrons. The van der Waals surface area contributed by atoms with E-state index in [1.807, 2.05) is 72.8 Å². The van der Waals surface area contributed by atoms with Gasteiger partial charge in [-0.3, -0.25) is 0 Å². The highest BCUT2D eigenvalue weighted by atomic mass is 19.1. The molecule has 0 aliphatic carbocycles. The summed E-state index contributed by atoms with van der Waals surface area (Å²) in [6, 6.07) is 25.4. The van der Waals surface area contributed by atoms with Crippen LogP contribution in [0.3, 0.4) is 0 Å². The first-order valence-corrected chi connectivity index (χ1v) is 10.9. The van der Waals surface area contributed by atoms with Gasteiger partial charge in [0.15, 0.2) is 5.79 Å². The fourth-order valence-corrected chi connectivity index (χ4v) is 3.98. The number of rotatable bonds is 8. The van der Waals surface area contributed by atoms with E-state index >= 15 is 0 Å². The third kappa shape index (κ3) is 5.79. The minimum absolute atomic E-state index is 0.149. The summed E-state index contributed by atoms with van der Waals surface area (Å²) in [7, 11) is 0. The Bertz CT molecular complexity index is 961. The van der Waals surface area contributed by atoms with Gasteiger partial charge in [-0.1, -0.05) is 72.8 Å². The molecule has 4 rings (SSSR count). The van der Waals surface area contributed by atoms with Gasteiger partial charge in [0.25, 0.3) is 0 Å². The minimum atomic E-state index is -0.837. The van der Waals surface area contributed by atoms with Crippen LogP contribution in [0.2, 0.25) is 0 Å². The van der Waals surface area contributed by atoms with Crippen molar-refractivity contribution in [2.24, 2.45) is 0 Å². The van der Waals surface area contributed by atoms with Crippen LogP contribution in [-0.4, -0.2) is 12.4 Å². The smallest absolute Gasteiger partial charge is 0.192 e. The first-order chi connectivity index (χ1) is 15.1. The molecule has 0 bridgehead atoms. The van der Waals surface area contributed by atoms with Crippen LogP contribution < -0.4 is 0 Å². The lowest BCUT2D eigenvalue weighted by molar-refractivity contribution is -0.307. The maximum atomic E-state index is 13.8. The SMILES string of the molecule is Cc1cc(C2CCCC(COCc3ccccc3)(OCc3ccccc3)O2)ccc1F. The van der Waals surface area contributed by atoms with Crippen molar-refractivity contribution in [3.05, 3.63) is 107 Å². The van der Waals surface area contributed by atoms with Crippen molar-refractivity contribution in [3.8, 4) is 0 Å². The molecule has 4 heteroatoms. The van der Waals surface area contributed by atoms with Gasteiger partial charge in [0, 0.05) is 6.42 Å². The van der Waals surface area contributed by atoms with Crippen molar-refractivity contribution >= 4 is 0 Å². The normalized spacial score (nSPS) is 21.2. The van der Waals surface area contributed by atoms with Crippen LogP contribution in [0.25, 0.3) is 0 Å². The summed E-state index contributed by atoms with van der Waals surface area (Å²) >= 11 is 0. The van der Waals surface area contributed by atoms with Gasteiger partial charge >= 0.3 is 0 Å². The average molecular weight is 421 g/mol. The van der Waals surface area contributed by atoms with Crippen molar-refractivity contribution in [1.82, 2.24) is 0 Å². The quantitative estimate of drug-likeness (QED) is 0.416. The predicted octanol–water partition coefficient (Wildman–Crippen LogP) is 6.51. The molecule has 0 N–H and O–H groups in total. The molecule has 1 aliphatic rings. The second-order valence-corrected chi connectivity index (χ2v) is 8.17. The molecule has 1 aliphatic heterocycles. The fourth-order valence-electron chi connectivity index (χ4n) is 3.98. The number of hydrogen-bond acceptors (Lipinski definition) is 3. The number of benzene rings is 3. The van der Waals surface area contributed by atoms with Crippen LogP contribution in [-0.2, 0) is 27.4 Å². The monoisotopic (exact) mass is 420 g/mol. The van der Waals surface area contributed by atoms with E-state index in [9.17, 15) is 4.39 Å². The standard InChI is InChI=1S/C27H29FO3/c1-21-17-24(14-15-25(21)28)26-13-8-16-27(31-26,30-19-23-11-6-3-7-12-23)20-29-18-22-9-4-2-5-10-22/h2-7,9-12,14-15,17,26H,8,13,16,18-20H2,1H3. The van der Waals surface area contributed by atoms with Gasteiger partial charge in [-0.25, -0.2) is 4.39 Å². The van der Waals surface area contributed by atoms with E-state index in [4.69, 9.17) is 14.2 Å². The Morgan fingerprint density at radius 2 is 1.61 bits per heavy atom. The van der Waals surface area contributed by atoms with E-state index in [0.29, 0.717) is 25.4 Å². The Labute approximate surface area is 183 Å². The van der Waals surface area contributed by atoms with E-state index in [1.165, 1.54) is 6.07 Å². The van der Waals surface area contributed by atoms with Gasteiger partial charge in [-0.15, -0.1) is 0 Å². The number of halogens is 1.